The third-order valence-corrected chi connectivity index (χ3v) is 5.70. The van der Waals surface area contributed by atoms with Crippen LogP contribution in [0.3, 0.4) is 0 Å². The summed E-state index contributed by atoms with van der Waals surface area (Å²) >= 11 is 3.47. The zero-order chi connectivity index (χ0) is 19.7. The minimum Gasteiger partial charge on any atom is -0.504 e. The quantitative estimate of drug-likeness (QED) is 0.548. The highest BCUT2D eigenvalue weighted by Crippen LogP contribution is 2.47. The van der Waals surface area contributed by atoms with Gasteiger partial charge >= 0.3 is 13.1 Å². The molecule has 26 heavy (non-hydrogen) atoms. The van der Waals surface area contributed by atoms with Gasteiger partial charge < -0.3 is 23.9 Å². The molecule has 1 N–H and O–H groups in total. The van der Waals surface area contributed by atoms with Crippen molar-refractivity contribution in [2.75, 3.05) is 13.7 Å². The molecule has 1 heterocycles. The van der Waals surface area contributed by atoms with Crippen LogP contribution < -0.4 is 4.74 Å². The summed E-state index contributed by atoms with van der Waals surface area (Å²) in [7, 11) is 0.751. The number of rotatable bonds is 6. The topological polar surface area (TPSA) is 74.2 Å². The van der Waals surface area contributed by atoms with Crippen LogP contribution in [0.15, 0.2) is 16.6 Å². The van der Waals surface area contributed by atoms with Crippen LogP contribution in [0.4, 0.5) is 0 Å². The fourth-order valence-corrected chi connectivity index (χ4v) is 3.48. The minimum atomic E-state index is -0.723. The lowest BCUT2D eigenvalue weighted by Gasteiger charge is -2.32. The van der Waals surface area contributed by atoms with Crippen LogP contribution in [-0.2, 0) is 18.8 Å². The number of phenols is 1. The van der Waals surface area contributed by atoms with Crippen LogP contribution in [0.25, 0.3) is 0 Å². The van der Waals surface area contributed by atoms with E-state index < -0.39 is 24.1 Å². The van der Waals surface area contributed by atoms with Gasteiger partial charge in [0.2, 0.25) is 0 Å². The summed E-state index contributed by atoms with van der Waals surface area (Å²) in [4.78, 5) is 12.2. The molecule has 0 radical (unpaired) electrons. The number of methoxy groups -OCH3 is 1. The second-order valence-corrected chi connectivity index (χ2v) is 8.11. The molecule has 144 valence electrons. The van der Waals surface area contributed by atoms with Gasteiger partial charge in [0.05, 0.1) is 31.3 Å². The molecule has 1 aromatic rings. The van der Waals surface area contributed by atoms with Crippen molar-refractivity contribution in [1.82, 2.24) is 0 Å². The number of carbonyl (C=O) groups excluding carboxylic acids is 1. The van der Waals surface area contributed by atoms with Gasteiger partial charge in [0.15, 0.2) is 11.5 Å². The van der Waals surface area contributed by atoms with E-state index >= 15 is 0 Å². The summed E-state index contributed by atoms with van der Waals surface area (Å²) in [5.74, 6) is -0.694. The number of benzene rings is 1. The van der Waals surface area contributed by atoms with Gasteiger partial charge in [0, 0.05) is 15.9 Å². The molecular weight excluding hydrogens is 403 g/mol. The SMILES string of the molecule is CCOC(=O)CC(B1OC(C)(C)C(C)(C)O1)c1c(Br)ccc(OC)c1O. The molecule has 1 saturated heterocycles. The van der Waals surface area contributed by atoms with Crippen molar-refractivity contribution in [3.05, 3.63) is 22.2 Å². The summed E-state index contributed by atoms with van der Waals surface area (Å²) in [6.07, 6.45) is 0.00396. The van der Waals surface area contributed by atoms with Gasteiger partial charge in [-0.05, 0) is 46.8 Å². The summed E-state index contributed by atoms with van der Waals surface area (Å²) in [5.41, 5.74) is -0.632. The molecule has 0 amide bonds. The summed E-state index contributed by atoms with van der Waals surface area (Å²) < 4.78 is 23.3. The first-order valence-electron chi connectivity index (χ1n) is 8.60. The van der Waals surface area contributed by atoms with Crippen molar-refractivity contribution in [2.45, 2.75) is 58.1 Å². The molecule has 1 aliphatic rings. The van der Waals surface area contributed by atoms with Gasteiger partial charge in [-0.15, -0.1) is 0 Å². The Morgan fingerprint density at radius 1 is 1.27 bits per heavy atom. The molecule has 1 fully saturated rings. The standard InChI is InChI=1S/C18H26BBrO6/c1-7-24-14(21)10-11(19-25-17(2,3)18(4,5)26-19)15-12(20)8-9-13(23-6)16(15)22/h8-9,11,22H,7,10H2,1-6H3. The van der Waals surface area contributed by atoms with Gasteiger partial charge in [-0.2, -0.15) is 0 Å². The first-order chi connectivity index (χ1) is 12.0. The maximum atomic E-state index is 12.2. The molecule has 1 atom stereocenters. The van der Waals surface area contributed by atoms with E-state index in [0.717, 1.165) is 0 Å². The highest BCUT2D eigenvalue weighted by atomic mass is 79.9. The van der Waals surface area contributed by atoms with E-state index in [1.165, 1.54) is 7.11 Å². The van der Waals surface area contributed by atoms with E-state index in [4.69, 9.17) is 18.8 Å². The summed E-state index contributed by atoms with van der Waals surface area (Å²) in [6.45, 7) is 9.79. The van der Waals surface area contributed by atoms with Crippen LogP contribution in [-0.4, -0.2) is 43.1 Å². The number of phenolic OH excluding ortho intramolecular Hbond substituents is 1. The lowest BCUT2D eigenvalue weighted by Crippen LogP contribution is -2.41. The Morgan fingerprint density at radius 2 is 1.85 bits per heavy atom. The van der Waals surface area contributed by atoms with Gasteiger partial charge in [-0.25, -0.2) is 0 Å². The molecule has 0 spiro atoms. The van der Waals surface area contributed by atoms with Crippen molar-refractivity contribution >= 4 is 29.0 Å². The molecule has 0 aliphatic carbocycles. The Labute approximate surface area is 163 Å². The second kappa shape index (κ2) is 7.78. The van der Waals surface area contributed by atoms with Crippen molar-refractivity contribution in [2.24, 2.45) is 0 Å². The summed E-state index contributed by atoms with van der Waals surface area (Å²) in [6, 6.07) is 3.41. The van der Waals surface area contributed by atoms with E-state index in [1.54, 1.807) is 19.1 Å². The van der Waals surface area contributed by atoms with Gasteiger partial charge in [-0.1, -0.05) is 15.9 Å². The number of halogens is 1. The maximum Gasteiger partial charge on any atom is 0.466 e. The van der Waals surface area contributed by atoms with Gasteiger partial charge in [-0.3, -0.25) is 4.79 Å². The van der Waals surface area contributed by atoms with Crippen molar-refractivity contribution in [1.29, 1.82) is 0 Å². The van der Waals surface area contributed by atoms with Crippen LogP contribution >= 0.6 is 15.9 Å². The Kier molecular flexibility index (Phi) is 6.30. The number of aromatic hydroxyl groups is 1. The Balaban J connectivity index is 2.48. The Morgan fingerprint density at radius 3 is 2.35 bits per heavy atom. The van der Waals surface area contributed by atoms with Crippen LogP contribution in [0, 0.1) is 0 Å². The van der Waals surface area contributed by atoms with Crippen molar-refractivity contribution < 1.29 is 28.7 Å². The molecule has 6 nitrogen and oxygen atoms in total. The smallest absolute Gasteiger partial charge is 0.466 e. The number of ether oxygens (including phenoxy) is 2. The van der Waals surface area contributed by atoms with Gasteiger partial charge in [0.1, 0.15) is 0 Å². The highest BCUT2D eigenvalue weighted by Gasteiger charge is 2.55. The normalized spacial score (nSPS) is 19.3. The minimum absolute atomic E-state index is 0.00396. The highest BCUT2D eigenvalue weighted by molar-refractivity contribution is 9.10. The van der Waals surface area contributed by atoms with E-state index in [0.29, 0.717) is 15.8 Å². The predicted octanol–water partition coefficient (Wildman–Crippen LogP) is 3.83. The van der Waals surface area contributed by atoms with E-state index in [1.807, 2.05) is 27.7 Å². The molecular formula is C18H26BBrO6. The van der Waals surface area contributed by atoms with Gasteiger partial charge in [0.25, 0.3) is 0 Å². The number of hydrogen-bond acceptors (Lipinski definition) is 6. The molecule has 1 aromatic carbocycles. The van der Waals surface area contributed by atoms with Crippen molar-refractivity contribution in [3.63, 3.8) is 0 Å². The zero-order valence-corrected chi connectivity index (χ0v) is 17.7. The van der Waals surface area contributed by atoms with Crippen LogP contribution in [0.5, 0.6) is 11.5 Å². The van der Waals surface area contributed by atoms with Crippen LogP contribution in [0.2, 0.25) is 0 Å². The zero-order valence-electron chi connectivity index (χ0n) is 16.1. The molecule has 2 rings (SSSR count). The van der Waals surface area contributed by atoms with Crippen molar-refractivity contribution in [3.8, 4) is 11.5 Å². The summed E-state index contributed by atoms with van der Waals surface area (Å²) in [5, 5.41) is 10.7. The maximum absolute atomic E-state index is 12.2. The van der Waals surface area contributed by atoms with E-state index in [9.17, 15) is 9.90 Å². The number of carbonyl (C=O) groups is 1. The molecule has 1 aliphatic heterocycles. The largest absolute Gasteiger partial charge is 0.504 e. The predicted molar refractivity (Wildman–Crippen MR) is 102 cm³/mol. The third-order valence-electron chi connectivity index (χ3n) is 5.01. The van der Waals surface area contributed by atoms with E-state index in [-0.39, 0.29) is 24.7 Å². The number of hydrogen-bond donors (Lipinski definition) is 1. The van der Waals surface area contributed by atoms with Crippen LogP contribution in [0.1, 0.15) is 52.4 Å². The Hall–Kier alpha value is -1.25. The fraction of sp³-hybridized carbons (Fsp3) is 0.611. The molecule has 8 heteroatoms. The molecule has 1 unspecified atom stereocenters. The second-order valence-electron chi connectivity index (χ2n) is 7.25. The Bertz CT molecular complexity index is 660. The lowest BCUT2D eigenvalue weighted by molar-refractivity contribution is -0.143. The third kappa shape index (κ3) is 4.02. The number of esters is 1. The first kappa shape index (κ1) is 21.1. The lowest BCUT2D eigenvalue weighted by atomic mass is 9.66. The van der Waals surface area contributed by atoms with E-state index in [2.05, 4.69) is 15.9 Å². The average Bonchev–Trinajstić information content (AvgIpc) is 2.74. The average molecular weight is 429 g/mol. The molecule has 0 saturated carbocycles. The molecule has 0 aromatic heterocycles. The fourth-order valence-electron chi connectivity index (χ4n) is 2.87. The monoisotopic (exact) mass is 428 g/mol. The molecule has 0 bridgehead atoms. The first-order valence-corrected chi connectivity index (χ1v) is 9.40.